The van der Waals surface area contributed by atoms with Gasteiger partial charge in [0.25, 0.3) is 0 Å². The fourth-order valence-corrected chi connectivity index (χ4v) is 5.18. The zero-order chi connectivity index (χ0) is 24.5. The van der Waals surface area contributed by atoms with Crippen LogP contribution in [0.1, 0.15) is 58.6 Å². The highest BCUT2D eigenvalue weighted by atomic mass is 32.2. The zero-order valence-electron chi connectivity index (χ0n) is 19.9. The van der Waals surface area contributed by atoms with Crippen molar-refractivity contribution in [3.8, 4) is 0 Å². The summed E-state index contributed by atoms with van der Waals surface area (Å²) in [7, 11) is 0. The van der Waals surface area contributed by atoms with E-state index in [1.54, 1.807) is 50.8 Å². The number of carbonyl (C=O) groups excluding carboxylic acids is 2. The maximum atomic E-state index is 15.1. The summed E-state index contributed by atoms with van der Waals surface area (Å²) in [5, 5.41) is 5.36. The third-order valence-electron chi connectivity index (χ3n) is 5.71. The Balaban J connectivity index is 1.63. The average molecular weight is 488 g/mol. The van der Waals surface area contributed by atoms with Crippen molar-refractivity contribution in [2.75, 3.05) is 13.2 Å². The molecule has 0 bridgehead atoms. The number of fused-ring (bicyclic) bond motifs is 1. The van der Waals surface area contributed by atoms with Crippen LogP contribution in [0.4, 0.5) is 4.39 Å². The number of amides is 1. The van der Waals surface area contributed by atoms with Gasteiger partial charge < -0.3 is 19.7 Å². The average Bonchev–Trinajstić information content (AvgIpc) is 3.40. The fraction of sp³-hybridized carbons (Fsp3) is 0.480. The molecule has 1 fully saturated rings. The summed E-state index contributed by atoms with van der Waals surface area (Å²) < 4.78 is 26.3. The first-order chi connectivity index (χ1) is 16.1. The number of hydrogen-bond acceptors (Lipinski definition) is 7. The van der Waals surface area contributed by atoms with Crippen molar-refractivity contribution in [3.63, 3.8) is 0 Å². The van der Waals surface area contributed by atoms with Gasteiger partial charge in [-0.15, -0.1) is 0 Å². The molecule has 0 aromatic heterocycles. The highest BCUT2D eigenvalue weighted by Gasteiger charge is 2.42. The maximum absolute atomic E-state index is 15.1. The van der Waals surface area contributed by atoms with Crippen LogP contribution in [0.25, 0.3) is 0 Å². The summed E-state index contributed by atoms with van der Waals surface area (Å²) in [5.74, 6) is -1.16. The summed E-state index contributed by atoms with van der Waals surface area (Å²) in [4.78, 5) is 32.4. The van der Waals surface area contributed by atoms with Crippen LogP contribution in [-0.2, 0) is 19.1 Å². The van der Waals surface area contributed by atoms with E-state index in [-0.39, 0.29) is 24.0 Å². The van der Waals surface area contributed by atoms with Gasteiger partial charge in [-0.2, -0.15) is 0 Å². The lowest BCUT2D eigenvalue weighted by Crippen LogP contribution is -2.40. The Morgan fingerprint density at radius 3 is 2.76 bits per heavy atom. The van der Waals surface area contributed by atoms with Gasteiger partial charge in [0.2, 0.25) is 5.91 Å². The number of carbonyl (C=O) groups is 2. The molecule has 2 atom stereocenters. The molecular weight excluding hydrogens is 457 g/mol. The summed E-state index contributed by atoms with van der Waals surface area (Å²) in [6.45, 7) is 8.26. The molecule has 4 rings (SSSR count). The monoisotopic (exact) mass is 487 g/mol. The van der Waals surface area contributed by atoms with Crippen LogP contribution >= 0.6 is 11.8 Å². The number of rotatable bonds is 6. The molecule has 7 nitrogen and oxygen atoms in total. The summed E-state index contributed by atoms with van der Waals surface area (Å²) in [6.07, 6.45) is 2.04. The molecule has 0 saturated carbocycles. The molecule has 3 heterocycles. The van der Waals surface area contributed by atoms with Crippen LogP contribution in [0.15, 0.2) is 51.6 Å². The molecule has 3 aliphatic rings. The third-order valence-corrected chi connectivity index (χ3v) is 6.60. The van der Waals surface area contributed by atoms with Crippen molar-refractivity contribution >= 4 is 28.8 Å². The van der Waals surface area contributed by atoms with Crippen molar-refractivity contribution in [2.24, 2.45) is 4.99 Å². The van der Waals surface area contributed by atoms with E-state index in [0.29, 0.717) is 28.7 Å². The molecule has 1 saturated heterocycles. The minimum Gasteiger partial charge on any atom is -0.456 e. The lowest BCUT2D eigenvalue weighted by molar-refractivity contribution is -0.150. The minimum absolute atomic E-state index is 0.0403. The van der Waals surface area contributed by atoms with Crippen LogP contribution in [-0.4, -0.2) is 46.8 Å². The molecule has 182 valence electrons. The molecule has 0 radical (unpaired) electrons. The molecule has 3 aliphatic heterocycles. The van der Waals surface area contributed by atoms with Crippen LogP contribution in [0.3, 0.4) is 0 Å². The molecule has 1 N–H and O–H groups in total. The number of esters is 1. The van der Waals surface area contributed by atoms with Gasteiger partial charge in [-0.3, -0.25) is 4.79 Å². The van der Waals surface area contributed by atoms with Crippen molar-refractivity contribution in [1.82, 2.24) is 10.2 Å². The van der Waals surface area contributed by atoms with Crippen LogP contribution in [0.2, 0.25) is 0 Å². The van der Waals surface area contributed by atoms with Gasteiger partial charge in [-0.1, -0.05) is 30.0 Å². The zero-order valence-corrected chi connectivity index (χ0v) is 20.7. The fourth-order valence-electron chi connectivity index (χ4n) is 4.21. The SMILES string of the molecule is CC1=C(C(=O)OC(C)(C)C)[C@@H](c2ccccc2F)N2C(CC(=O)NC[C@@H]3CCCO3)=CSC2=N1. The first-order valence-corrected chi connectivity index (χ1v) is 12.3. The van der Waals surface area contributed by atoms with Crippen LogP contribution < -0.4 is 5.32 Å². The quantitative estimate of drug-likeness (QED) is 0.598. The number of halogens is 1. The van der Waals surface area contributed by atoms with Gasteiger partial charge in [0, 0.05) is 24.4 Å². The molecule has 1 aromatic rings. The van der Waals surface area contributed by atoms with Crippen LogP contribution in [0, 0.1) is 5.82 Å². The molecule has 0 spiro atoms. The highest BCUT2D eigenvalue weighted by molar-refractivity contribution is 8.16. The van der Waals surface area contributed by atoms with E-state index >= 15 is 4.39 Å². The molecule has 1 amide bonds. The van der Waals surface area contributed by atoms with E-state index in [9.17, 15) is 9.59 Å². The van der Waals surface area contributed by atoms with Gasteiger partial charge >= 0.3 is 5.97 Å². The van der Waals surface area contributed by atoms with Gasteiger partial charge in [0.15, 0.2) is 5.17 Å². The number of aliphatic imine (C=N–C) groups is 1. The first-order valence-electron chi connectivity index (χ1n) is 11.4. The first kappa shape index (κ1) is 24.5. The molecular formula is C25H30FN3O4S. The second-order valence-corrected chi connectivity index (χ2v) is 10.4. The Morgan fingerprint density at radius 1 is 1.32 bits per heavy atom. The predicted octanol–water partition coefficient (Wildman–Crippen LogP) is 4.43. The lowest BCUT2D eigenvalue weighted by Gasteiger charge is -2.37. The van der Waals surface area contributed by atoms with E-state index < -0.39 is 23.4 Å². The van der Waals surface area contributed by atoms with Gasteiger partial charge in [-0.05, 0) is 52.0 Å². The Kier molecular flexibility index (Phi) is 7.14. The smallest absolute Gasteiger partial charge is 0.338 e. The Bertz CT molecular complexity index is 1070. The lowest BCUT2D eigenvalue weighted by atomic mass is 9.93. The number of nitrogens with one attached hydrogen (secondary N) is 1. The molecule has 0 unspecified atom stereocenters. The maximum Gasteiger partial charge on any atom is 0.338 e. The number of ether oxygens (including phenoxy) is 2. The van der Waals surface area contributed by atoms with E-state index in [1.165, 1.54) is 17.8 Å². The normalized spacial score (nSPS) is 22.3. The minimum atomic E-state index is -0.796. The summed E-state index contributed by atoms with van der Waals surface area (Å²) >= 11 is 1.36. The number of hydrogen-bond donors (Lipinski definition) is 1. The summed E-state index contributed by atoms with van der Waals surface area (Å²) in [6, 6.07) is 5.56. The van der Waals surface area contributed by atoms with Crippen molar-refractivity contribution in [3.05, 3.63) is 58.0 Å². The van der Waals surface area contributed by atoms with Crippen molar-refractivity contribution in [1.29, 1.82) is 0 Å². The number of nitrogens with zero attached hydrogens (tertiary/aromatic N) is 2. The third kappa shape index (κ3) is 5.36. The van der Waals surface area contributed by atoms with Crippen molar-refractivity contribution in [2.45, 2.75) is 64.7 Å². The molecule has 1 aromatic carbocycles. The number of benzene rings is 1. The number of thioether (sulfide) groups is 1. The Hall–Kier alpha value is -2.65. The highest BCUT2D eigenvalue weighted by Crippen LogP contribution is 2.45. The molecule has 9 heteroatoms. The van der Waals surface area contributed by atoms with Gasteiger partial charge in [0.05, 0.1) is 29.8 Å². The second kappa shape index (κ2) is 9.92. The number of allylic oxidation sites excluding steroid dienone is 1. The Labute approximate surface area is 203 Å². The van der Waals surface area contributed by atoms with Gasteiger partial charge in [0.1, 0.15) is 11.4 Å². The second-order valence-electron chi connectivity index (χ2n) is 9.53. The topological polar surface area (TPSA) is 80.2 Å². The van der Waals surface area contributed by atoms with Crippen molar-refractivity contribution < 1.29 is 23.5 Å². The Morgan fingerprint density at radius 2 is 2.09 bits per heavy atom. The van der Waals surface area contributed by atoms with Gasteiger partial charge in [-0.25, -0.2) is 14.2 Å². The van der Waals surface area contributed by atoms with E-state index in [0.717, 1.165) is 19.4 Å². The molecule has 0 aliphatic carbocycles. The van der Waals surface area contributed by atoms with E-state index in [4.69, 9.17) is 9.47 Å². The van der Waals surface area contributed by atoms with E-state index in [2.05, 4.69) is 10.3 Å². The largest absolute Gasteiger partial charge is 0.456 e. The predicted molar refractivity (Wildman–Crippen MR) is 129 cm³/mol. The molecule has 34 heavy (non-hydrogen) atoms. The summed E-state index contributed by atoms with van der Waals surface area (Å²) in [5.41, 5.74) is 0.976. The van der Waals surface area contributed by atoms with E-state index in [1.807, 2.05) is 5.41 Å². The number of amidine groups is 1. The standard InChI is InChI=1S/C25H30FN3O4S/c1-15-21(23(31)33-25(2,3)4)22(18-9-5-6-10-19(18)26)29-16(14-34-24(29)28-15)12-20(30)27-13-17-8-7-11-32-17/h5-6,9-10,14,17,22H,7-8,11-13H2,1-4H3,(H,27,30)/t17-,22+/m0/s1. The van der Waals surface area contributed by atoms with Crippen LogP contribution in [0.5, 0.6) is 0 Å².